The fourth-order valence-corrected chi connectivity index (χ4v) is 1.82. The molecule has 0 saturated carbocycles. The minimum Gasteiger partial charge on any atom is -0.355 e. The highest BCUT2D eigenvalue weighted by Gasteiger charge is 2.29. The molecule has 0 aliphatic carbocycles. The number of amides is 1. The van der Waals surface area contributed by atoms with Gasteiger partial charge in [0.25, 0.3) is 0 Å². The summed E-state index contributed by atoms with van der Waals surface area (Å²) in [5.41, 5.74) is 0. The van der Waals surface area contributed by atoms with Gasteiger partial charge < -0.3 is 5.32 Å². The number of likely N-dealkylation sites (N-methyl/N-ethyl adjacent to an activating group) is 1. The van der Waals surface area contributed by atoms with Crippen LogP contribution < -0.4 is 5.32 Å². The first kappa shape index (κ1) is 13.4. The third kappa shape index (κ3) is 4.47. The molecule has 16 heavy (non-hydrogen) atoms. The molecule has 5 heteroatoms. The van der Waals surface area contributed by atoms with Crippen LogP contribution in [0.5, 0.6) is 0 Å². The normalized spacial score (nSPS) is 27.1. The molecule has 94 valence electrons. The van der Waals surface area contributed by atoms with Gasteiger partial charge in [0.15, 0.2) is 0 Å². The predicted octanol–water partition coefficient (Wildman–Crippen LogP) is 1.10. The van der Waals surface area contributed by atoms with Gasteiger partial charge in [0.1, 0.15) is 0 Å². The number of hydrogen-bond acceptors (Lipinski definition) is 4. The van der Waals surface area contributed by atoms with Crippen molar-refractivity contribution < 1.29 is 14.7 Å². The van der Waals surface area contributed by atoms with Crippen molar-refractivity contribution >= 4 is 5.91 Å². The monoisotopic (exact) mass is 230 g/mol. The fourth-order valence-electron chi connectivity index (χ4n) is 1.82. The maximum absolute atomic E-state index is 10.9. The van der Waals surface area contributed by atoms with E-state index in [1.165, 1.54) is 6.92 Å². The van der Waals surface area contributed by atoms with Crippen LogP contribution in [0.15, 0.2) is 0 Å². The Bertz CT molecular complexity index is 233. The molecule has 0 bridgehead atoms. The van der Waals surface area contributed by atoms with Gasteiger partial charge in [-0.25, -0.2) is 4.89 Å². The zero-order chi connectivity index (χ0) is 12.1. The molecule has 1 heterocycles. The highest BCUT2D eigenvalue weighted by Crippen LogP contribution is 2.21. The minimum absolute atomic E-state index is 0.0136. The van der Waals surface area contributed by atoms with E-state index < -0.39 is 0 Å². The molecule has 1 rings (SSSR count). The second-order valence-corrected chi connectivity index (χ2v) is 4.80. The molecule has 0 aromatic rings. The fraction of sp³-hybridized carbons (Fsp3) is 0.909. The van der Waals surface area contributed by atoms with E-state index in [0.29, 0.717) is 12.5 Å². The minimum atomic E-state index is -0.0136. The van der Waals surface area contributed by atoms with Crippen molar-refractivity contribution in [2.45, 2.75) is 45.8 Å². The first-order chi connectivity index (χ1) is 7.49. The van der Waals surface area contributed by atoms with Crippen LogP contribution in [0.4, 0.5) is 0 Å². The molecule has 2 atom stereocenters. The average Bonchev–Trinajstić information content (AvgIpc) is 2.18. The zero-order valence-electron chi connectivity index (χ0n) is 10.5. The van der Waals surface area contributed by atoms with E-state index in [4.69, 9.17) is 9.88 Å². The highest BCUT2D eigenvalue weighted by molar-refractivity contribution is 5.72. The van der Waals surface area contributed by atoms with Gasteiger partial charge in [0.05, 0.1) is 12.1 Å². The standard InChI is InChI=1S/C11H22N2O3/c1-8(2)5-11-6-10(7-12-9(3)14)13(4)16-15-11/h8,10-11H,5-7H2,1-4H3,(H,12,14). The van der Waals surface area contributed by atoms with Gasteiger partial charge >= 0.3 is 0 Å². The lowest BCUT2D eigenvalue weighted by Crippen LogP contribution is -2.48. The summed E-state index contributed by atoms with van der Waals surface area (Å²) in [5, 5.41) is 4.46. The number of hydroxylamine groups is 2. The number of rotatable bonds is 4. The van der Waals surface area contributed by atoms with Crippen LogP contribution in [0.25, 0.3) is 0 Å². The van der Waals surface area contributed by atoms with E-state index in [1.807, 2.05) is 7.05 Å². The summed E-state index contributed by atoms with van der Waals surface area (Å²) >= 11 is 0. The molecule has 1 N–H and O–H groups in total. The number of nitrogens with one attached hydrogen (secondary N) is 1. The van der Waals surface area contributed by atoms with E-state index in [1.54, 1.807) is 5.06 Å². The second-order valence-electron chi connectivity index (χ2n) is 4.80. The van der Waals surface area contributed by atoms with Crippen molar-refractivity contribution in [1.82, 2.24) is 10.4 Å². The SMILES string of the molecule is CC(=O)NCC1CC(CC(C)C)OON1C. The van der Waals surface area contributed by atoms with Crippen molar-refractivity contribution in [3.63, 3.8) is 0 Å². The topological polar surface area (TPSA) is 50.8 Å². The number of hydrogen-bond donors (Lipinski definition) is 1. The van der Waals surface area contributed by atoms with Crippen molar-refractivity contribution in [3.05, 3.63) is 0 Å². The predicted molar refractivity (Wildman–Crippen MR) is 60.3 cm³/mol. The second kappa shape index (κ2) is 6.18. The van der Waals surface area contributed by atoms with Crippen LogP contribution in [0.1, 0.15) is 33.6 Å². The van der Waals surface area contributed by atoms with Crippen LogP contribution in [0, 0.1) is 5.92 Å². The maximum atomic E-state index is 10.9. The molecular weight excluding hydrogens is 208 g/mol. The van der Waals surface area contributed by atoms with Crippen LogP contribution >= 0.6 is 0 Å². The summed E-state index contributed by atoms with van der Waals surface area (Å²) in [6.45, 7) is 6.44. The quantitative estimate of drug-likeness (QED) is 0.735. The molecule has 1 aliphatic rings. The van der Waals surface area contributed by atoms with Gasteiger partial charge in [0.2, 0.25) is 5.91 Å². The highest BCUT2D eigenvalue weighted by atomic mass is 17.3. The van der Waals surface area contributed by atoms with E-state index in [0.717, 1.165) is 12.8 Å². The Morgan fingerprint density at radius 1 is 1.56 bits per heavy atom. The first-order valence-corrected chi connectivity index (χ1v) is 5.79. The van der Waals surface area contributed by atoms with Crippen LogP contribution in [-0.4, -0.2) is 36.7 Å². The largest absolute Gasteiger partial charge is 0.355 e. The Morgan fingerprint density at radius 2 is 2.25 bits per heavy atom. The Hall–Kier alpha value is -0.650. The average molecular weight is 230 g/mol. The van der Waals surface area contributed by atoms with Gasteiger partial charge in [-0.05, 0) is 18.8 Å². The lowest BCUT2D eigenvalue weighted by Gasteiger charge is -2.35. The third-order valence-corrected chi connectivity index (χ3v) is 2.67. The molecule has 2 unspecified atom stereocenters. The lowest BCUT2D eigenvalue weighted by atomic mass is 9.99. The number of carbonyl (C=O) groups is 1. The Kier molecular flexibility index (Phi) is 5.18. The third-order valence-electron chi connectivity index (χ3n) is 2.67. The molecule has 0 radical (unpaired) electrons. The molecule has 5 nitrogen and oxygen atoms in total. The van der Waals surface area contributed by atoms with Crippen LogP contribution in [0.3, 0.4) is 0 Å². The van der Waals surface area contributed by atoms with Crippen LogP contribution in [0.2, 0.25) is 0 Å². The van der Waals surface area contributed by atoms with Crippen molar-refractivity contribution in [3.8, 4) is 0 Å². The van der Waals surface area contributed by atoms with Gasteiger partial charge in [0, 0.05) is 20.5 Å². The summed E-state index contributed by atoms with van der Waals surface area (Å²) in [6.07, 6.45) is 1.98. The Balaban J connectivity index is 2.38. The van der Waals surface area contributed by atoms with E-state index in [-0.39, 0.29) is 18.1 Å². The molecule has 0 spiro atoms. The molecule has 1 saturated heterocycles. The smallest absolute Gasteiger partial charge is 0.216 e. The van der Waals surface area contributed by atoms with Crippen LogP contribution in [-0.2, 0) is 14.7 Å². The summed E-state index contributed by atoms with van der Waals surface area (Å²) in [5.74, 6) is 0.568. The van der Waals surface area contributed by atoms with Crippen molar-refractivity contribution in [2.75, 3.05) is 13.6 Å². The maximum Gasteiger partial charge on any atom is 0.216 e. The number of nitrogens with zero attached hydrogens (tertiary/aromatic N) is 1. The van der Waals surface area contributed by atoms with Crippen molar-refractivity contribution in [1.29, 1.82) is 0 Å². The van der Waals surface area contributed by atoms with Gasteiger partial charge in [-0.2, -0.15) is 5.06 Å². The number of carbonyl (C=O) groups excluding carboxylic acids is 1. The molecule has 0 aromatic carbocycles. The molecule has 1 fully saturated rings. The Labute approximate surface area is 97.0 Å². The first-order valence-electron chi connectivity index (χ1n) is 5.79. The molecule has 0 aromatic heterocycles. The van der Waals surface area contributed by atoms with Crippen molar-refractivity contribution in [2.24, 2.45) is 5.92 Å². The molecular formula is C11H22N2O3. The molecule has 1 amide bonds. The van der Waals surface area contributed by atoms with Gasteiger partial charge in [-0.15, -0.1) is 4.99 Å². The summed E-state index contributed by atoms with van der Waals surface area (Å²) in [7, 11) is 1.82. The zero-order valence-corrected chi connectivity index (χ0v) is 10.5. The Morgan fingerprint density at radius 3 is 2.81 bits per heavy atom. The summed E-state index contributed by atoms with van der Waals surface area (Å²) in [6, 6.07) is 0.182. The lowest BCUT2D eigenvalue weighted by molar-refractivity contribution is -0.473. The van der Waals surface area contributed by atoms with Gasteiger partial charge in [-0.3, -0.25) is 4.79 Å². The summed E-state index contributed by atoms with van der Waals surface area (Å²) < 4.78 is 0. The van der Waals surface area contributed by atoms with Gasteiger partial charge in [-0.1, -0.05) is 13.8 Å². The summed E-state index contributed by atoms with van der Waals surface area (Å²) in [4.78, 5) is 21.2. The molecule has 1 aliphatic heterocycles. The van der Waals surface area contributed by atoms with E-state index in [2.05, 4.69) is 19.2 Å². The van der Waals surface area contributed by atoms with E-state index in [9.17, 15) is 4.79 Å². The van der Waals surface area contributed by atoms with E-state index >= 15 is 0 Å².